The van der Waals surface area contributed by atoms with Crippen LogP contribution in [0.25, 0.3) is 0 Å². The van der Waals surface area contributed by atoms with E-state index in [1.54, 1.807) is 38.4 Å². The standard InChI is InChI=1S/C30H33N3O4/c1-5-28(34)33(23-11-7-6-8-12-23)27-19-21(2)32(26-14-10-9-13-25(26)27)30(36)22-15-17-24(18-16-22)37-20-29(35)31(3)4/h6-18,21,27H,5,19-20H2,1-4H3. The molecule has 0 N–H and O–H groups in total. The number of hydrogen-bond acceptors (Lipinski definition) is 4. The number of nitrogens with zero attached hydrogens (tertiary/aromatic N) is 3. The van der Waals surface area contributed by atoms with Crippen molar-refractivity contribution in [2.75, 3.05) is 30.5 Å². The number of carbonyl (C=O) groups excluding carboxylic acids is 3. The number of fused-ring (bicyclic) bond motifs is 1. The lowest BCUT2D eigenvalue weighted by Gasteiger charge is -2.43. The van der Waals surface area contributed by atoms with Gasteiger partial charge in [-0.2, -0.15) is 0 Å². The average Bonchev–Trinajstić information content (AvgIpc) is 2.92. The van der Waals surface area contributed by atoms with Crippen molar-refractivity contribution in [1.82, 2.24) is 4.90 Å². The van der Waals surface area contributed by atoms with Gasteiger partial charge >= 0.3 is 0 Å². The minimum Gasteiger partial charge on any atom is -0.484 e. The van der Waals surface area contributed by atoms with Crippen LogP contribution in [0.1, 0.15) is 48.7 Å². The number of anilines is 2. The zero-order chi connectivity index (χ0) is 26.5. The lowest BCUT2D eigenvalue weighted by Crippen LogP contribution is -2.47. The van der Waals surface area contributed by atoms with E-state index in [0.717, 1.165) is 16.9 Å². The molecule has 3 aromatic carbocycles. The van der Waals surface area contributed by atoms with Gasteiger partial charge in [0, 0.05) is 43.5 Å². The Balaban J connectivity index is 1.63. The Hall–Kier alpha value is -4.13. The van der Waals surface area contributed by atoms with Crippen molar-refractivity contribution >= 4 is 29.1 Å². The minimum atomic E-state index is -0.185. The zero-order valence-electron chi connectivity index (χ0n) is 21.8. The molecule has 2 atom stereocenters. The molecule has 37 heavy (non-hydrogen) atoms. The molecule has 0 spiro atoms. The second-order valence-electron chi connectivity index (χ2n) is 9.39. The van der Waals surface area contributed by atoms with Gasteiger partial charge in [-0.25, -0.2) is 0 Å². The molecule has 0 fully saturated rings. The van der Waals surface area contributed by atoms with Crippen LogP contribution in [0, 0.1) is 0 Å². The summed E-state index contributed by atoms with van der Waals surface area (Å²) in [4.78, 5) is 43.8. The van der Waals surface area contributed by atoms with Gasteiger partial charge in [0.15, 0.2) is 6.61 Å². The highest BCUT2D eigenvalue weighted by Gasteiger charge is 2.38. The fourth-order valence-corrected chi connectivity index (χ4v) is 4.70. The van der Waals surface area contributed by atoms with Gasteiger partial charge < -0.3 is 19.4 Å². The van der Waals surface area contributed by atoms with E-state index < -0.39 is 0 Å². The van der Waals surface area contributed by atoms with Crippen molar-refractivity contribution in [3.63, 3.8) is 0 Å². The maximum atomic E-state index is 13.7. The third kappa shape index (κ3) is 5.50. The molecule has 0 aliphatic carbocycles. The van der Waals surface area contributed by atoms with E-state index in [2.05, 4.69) is 0 Å². The summed E-state index contributed by atoms with van der Waals surface area (Å²) in [6, 6.07) is 24.0. The smallest absolute Gasteiger partial charge is 0.259 e. The number of rotatable bonds is 7. The summed E-state index contributed by atoms with van der Waals surface area (Å²) in [7, 11) is 3.35. The summed E-state index contributed by atoms with van der Waals surface area (Å²) >= 11 is 0. The Morgan fingerprint density at radius 3 is 2.19 bits per heavy atom. The predicted octanol–water partition coefficient (Wildman–Crippen LogP) is 5.08. The second-order valence-corrected chi connectivity index (χ2v) is 9.39. The van der Waals surface area contributed by atoms with E-state index in [-0.39, 0.29) is 36.4 Å². The molecular formula is C30H33N3O4. The number of amides is 3. The molecule has 192 valence electrons. The highest BCUT2D eigenvalue weighted by molar-refractivity contribution is 6.07. The molecule has 0 radical (unpaired) electrons. The van der Waals surface area contributed by atoms with E-state index in [0.29, 0.717) is 24.2 Å². The predicted molar refractivity (Wildman–Crippen MR) is 145 cm³/mol. The highest BCUT2D eigenvalue weighted by Crippen LogP contribution is 2.43. The molecule has 2 unspecified atom stereocenters. The van der Waals surface area contributed by atoms with Crippen LogP contribution in [-0.2, 0) is 9.59 Å². The quantitative estimate of drug-likeness (QED) is 0.455. The van der Waals surface area contributed by atoms with Crippen molar-refractivity contribution in [1.29, 1.82) is 0 Å². The van der Waals surface area contributed by atoms with Crippen LogP contribution in [0.4, 0.5) is 11.4 Å². The monoisotopic (exact) mass is 499 g/mol. The molecule has 1 heterocycles. The molecule has 7 nitrogen and oxygen atoms in total. The summed E-state index contributed by atoms with van der Waals surface area (Å²) in [5.74, 6) is 0.304. The Kier molecular flexibility index (Phi) is 7.92. The Bertz CT molecular complexity index is 1260. The lowest BCUT2D eigenvalue weighted by molar-refractivity contribution is -0.130. The third-order valence-corrected chi connectivity index (χ3v) is 6.66. The van der Waals surface area contributed by atoms with Gasteiger partial charge in [-0.3, -0.25) is 14.4 Å². The van der Waals surface area contributed by atoms with Crippen molar-refractivity contribution in [3.8, 4) is 5.75 Å². The second kappa shape index (κ2) is 11.3. The van der Waals surface area contributed by atoms with Crippen LogP contribution in [0.15, 0.2) is 78.9 Å². The normalized spacial score (nSPS) is 16.5. The number of benzene rings is 3. The van der Waals surface area contributed by atoms with Gasteiger partial charge in [-0.1, -0.05) is 43.3 Å². The summed E-state index contributed by atoms with van der Waals surface area (Å²) in [5, 5.41) is 0. The fourth-order valence-electron chi connectivity index (χ4n) is 4.70. The molecule has 1 aliphatic rings. The van der Waals surface area contributed by atoms with Gasteiger partial charge in [0.05, 0.1) is 6.04 Å². The number of carbonyl (C=O) groups is 3. The number of hydrogen-bond donors (Lipinski definition) is 0. The van der Waals surface area contributed by atoms with E-state index >= 15 is 0 Å². The number of likely N-dealkylation sites (N-methyl/N-ethyl adjacent to an activating group) is 1. The van der Waals surface area contributed by atoms with Gasteiger partial charge in [0.1, 0.15) is 5.75 Å². The lowest BCUT2D eigenvalue weighted by atomic mass is 9.89. The van der Waals surface area contributed by atoms with E-state index in [4.69, 9.17) is 4.74 Å². The highest BCUT2D eigenvalue weighted by atomic mass is 16.5. The van der Waals surface area contributed by atoms with Gasteiger partial charge in [0.2, 0.25) is 5.91 Å². The summed E-state index contributed by atoms with van der Waals surface area (Å²) < 4.78 is 5.55. The molecule has 4 rings (SSSR count). The van der Waals surface area contributed by atoms with Crippen LogP contribution >= 0.6 is 0 Å². The number of ether oxygens (including phenoxy) is 1. The maximum absolute atomic E-state index is 13.7. The molecule has 7 heteroatoms. The Morgan fingerprint density at radius 2 is 1.54 bits per heavy atom. The molecule has 0 saturated carbocycles. The first-order valence-corrected chi connectivity index (χ1v) is 12.5. The SMILES string of the molecule is CCC(=O)N(c1ccccc1)C1CC(C)N(C(=O)c2ccc(OCC(=O)N(C)C)cc2)c2ccccc21. The van der Waals surface area contributed by atoms with Crippen molar-refractivity contribution in [2.24, 2.45) is 0 Å². The average molecular weight is 500 g/mol. The largest absolute Gasteiger partial charge is 0.484 e. The summed E-state index contributed by atoms with van der Waals surface area (Å²) in [5.41, 5.74) is 3.13. The molecule has 0 saturated heterocycles. The van der Waals surface area contributed by atoms with E-state index in [9.17, 15) is 14.4 Å². The van der Waals surface area contributed by atoms with Crippen molar-refractivity contribution in [2.45, 2.75) is 38.8 Å². The van der Waals surface area contributed by atoms with Gasteiger partial charge in [0.25, 0.3) is 11.8 Å². The molecule has 3 amide bonds. The third-order valence-electron chi connectivity index (χ3n) is 6.66. The van der Waals surface area contributed by atoms with Crippen LogP contribution < -0.4 is 14.5 Å². The molecule has 3 aromatic rings. The Morgan fingerprint density at radius 1 is 0.892 bits per heavy atom. The fraction of sp³-hybridized carbons (Fsp3) is 0.300. The molecule has 0 bridgehead atoms. The maximum Gasteiger partial charge on any atom is 0.259 e. The van der Waals surface area contributed by atoms with Crippen molar-refractivity contribution < 1.29 is 19.1 Å². The van der Waals surface area contributed by atoms with Gasteiger partial charge in [-0.05, 0) is 61.4 Å². The first kappa shape index (κ1) is 25.9. The number of para-hydroxylation sites is 2. The first-order chi connectivity index (χ1) is 17.8. The molecular weight excluding hydrogens is 466 g/mol. The van der Waals surface area contributed by atoms with Crippen LogP contribution in [0.3, 0.4) is 0 Å². The van der Waals surface area contributed by atoms with Crippen LogP contribution in [0.2, 0.25) is 0 Å². The Labute approximate surface area is 218 Å². The van der Waals surface area contributed by atoms with E-state index in [1.807, 2.05) is 78.2 Å². The van der Waals surface area contributed by atoms with Crippen molar-refractivity contribution in [3.05, 3.63) is 90.0 Å². The first-order valence-electron chi connectivity index (χ1n) is 12.5. The van der Waals surface area contributed by atoms with Gasteiger partial charge in [-0.15, -0.1) is 0 Å². The zero-order valence-corrected chi connectivity index (χ0v) is 21.8. The summed E-state index contributed by atoms with van der Waals surface area (Å²) in [6.07, 6.45) is 0.996. The topological polar surface area (TPSA) is 70.2 Å². The summed E-state index contributed by atoms with van der Waals surface area (Å²) in [6.45, 7) is 3.83. The molecule has 0 aromatic heterocycles. The van der Waals surface area contributed by atoms with Crippen LogP contribution in [0.5, 0.6) is 5.75 Å². The van der Waals surface area contributed by atoms with Crippen LogP contribution in [-0.4, -0.2) is 49.4 Å². The molecule has 1 aliphatic heterocycles. The van der Waals surface area contributed by atoms with E-state index in [1.165, 1.54) is 4.90 Å². The minimum absolute atomic E-state index is 0.0429.